The van der Waals surface area contributed by atoms with E-state index in [1.807, 2.05) is 30.3 Å². The summed E-state index contributed by atoms with van der Waals surface area (Å²) in [6.45, 7) is 6.63. The number of para-hydroxylation sites is 1. The number of rotatable bonds is 5. The maximum Gasteiger partial charge on any atom is 0.354 e. The van der Waals surface area contributed by atoms with E-state index in [2.05, 4.69) is 36.5 Å². The second-order valence-electron chi connectivity index (χ2n) is 12.5. The molecule has 4 aliphatic rings. The highest BCUT2D eigenvalue weighted by atomic mass is 16.7. The molecule has 6 heteroatoms. The lowest BCUT2D eigenvalue weighted by atomic mass is 9.47. The van der Waals surface area contributed by atoms with Crippen molar-refractivity contribution in [2.24, 2.45) is 40.2 Å². The molecular formula is C31H39N3O3. The topological polar surface area (TPSA) is 97.2 Å². The number of aromatic amines is 1. The summed E-state index contributed by atoms with van der Waals surface area (Å²) in [5.74, 6) is 2.12. The third kappa shape index (κ3) is 3.87. The zero-order valence-corrected chi connectivity index (χ0v) is 22.2. The van der Waals surface area contributed by atoms with Gasteiger partial charge < -0.3 is 15.6 Å². The Morgan fingerprint density at radius 3 is 2.73 bits per heavy atom. The Balaban J connectivity index is 1.12. The molecular weight excluding hydrogens is 462 g/mol. The molecule has 3 fully saturated rings. The van der Waals surface area contributed by atoms with Crippen molar-refractivity contribution < 1.29 is 14.4 Å². The van der Waals surface area contributed by atoms with E-state index in [0.29, 0.717) is 29.2 Å². The van der Waals surface area contributed by atoms with Crippen molar-refractivity contribution in [3.8, 4) is 0 Å². The number of hydrogen-bond donors (Lipinski definition) is 3. The van der Waals surface area contributed by atoms with Crippen molar-refractivity contribution in [1.29, 1.82) is 0 Å². The lowest BCUT2D eigenvalue weighted by molar-refractivity contribution is -0.151. The molecule has 0 amide bonds. The molecule has 6 nitrogen and oxygen atoms in total. The minimum absolute atomic E-state index is 0.133. The number of H-pyrrole nitrogens is 1. The molecule has 0 aliphatic heterocycles. The zero-order valence-electron chi connectivity index (χ0n) is 22.2. The summed E-state index contributed by atoms with van der Waals surface area (Å²) in [6.07, 6.45) is 12.2. The van der Waals surface area contributed by atoms with E-state index < -0.39 is 12.0 Å². The Morgan fingerprint density at radius 2 is 1.95 bits per heavy atom. The number of hydroxylamine groups is 1. The van der Waals surface area contributed by atoms with Gasteiger partial charge >= 0.3 is 5.97 Å². The van der Waals surface area contributed by atoms with Crippen LogP contribution in [0.15, 0.2) is 53.8 Å². The van der Waals surface area contributed by atoms with Crippen LogP contribution in [0.1, 0.15) is 77.5 Å². The van der Waals surface area contributed by atoms with E-state index >= 15 is 0 Å². The van der Waals surface area contributed by atoms with Crippen LogP contribution < -0.4 is 11.2 Å². The van der Waals surface area contributed by atoms with Crippen molar-refractivity contribution >= 4 is 22.7 Å². The first-order valence-corrected chi connectivity index (χ1v) is 13.9. The van der Waals surface area contributed by atoms with Crippen LogP contribution in [0.4, 0.5) is 0 Å². The number of carbonyl (C=O) groups is 2. The van der Waals surface area contributed by atoms with Crippen LogP contribution in [0, 0.1) is 34.5 Å². The van der Waals surface area contributed by atoms with Gasteiger partial charge in [0, 0.05) is 17.1 Å². The van der Waals surface area contributed by atoms with Gasteiger partial charge in [-0.1, -0.05) is 43.7 Å². The molecule has 0 saturated heterocycles. The van der Waals surface area contributed by atoms with Gasteiger partial charge in [0.2, 0.25) is 0 Å². The van der Waals surface area contributed by atoms with Gasteiger partial charge in [-0.15, -0.1) is 0 Å². The van der Waals surface area contributed by atoms with Crippen LogP contribution in [0.25, 0.3) is 10.9 Å². The first-order chi connectivity index (χ1) is 17.7. The Kier molecular flexibility index (Phi) is 5.86. The highest BCUT2D eigenvalue weighted by molar-refractivity contribution is 5.84. The molecule has 1 aromatic heterocycles. The molecule has 0 bridgehead atoms. The van der Waals surface area contributed by atoms with Crippen molar-refractivity contribution in [3.63, 3.8) is 0 Å². The summed E-state index contributed by atoms with van der Waals surface area (Å²) in [5, 5.41) is 1.01. The minimum atomic E-state index is -0.890. The lowest BCUT2D eigenvalue weighted by Gasteiger charge is -2.57. The fraction of sp³-hybridized carbons (Fsp3) is 0.548. The molecule has 3 saturated carbocycles. The molecule has 4 N–H and O–H groups in total. The lowest BCUT2D eigenvalue weighted by Crippen LogP contribution is -2.50. The summed E-state index contributed by atoms with van der Waals surface area (Å²) in [4.78, 5) is 33.8. The second kappa shape index (κ2) is 8.87. The highest BCUT2D eigenvalue weighted by Gasteiger charge is 2.59. The molecule has 4 aliphatic carbocycles. The Hall–Kier alpha value is -2.86. The number of benzene rings is 1. The summed E-state index contributed by atoms with van der Waals surface area (Å²) in [7, 11) is 0. The summed E-state index contributed by atoms with van der Waals surface area (Å²) < 4.78 is 0. The van der Waals surface area contributed by atoms with Crippen LogP contribution in [-0.4, -0.2) is 16.7 Å². The number of allylic oxidation sites excluding steroid dienone is 3. The fourth-order valence-electron chi connectivity index (χ4n) is 8.72. The van der Waals surface area contributed by atoms with Crippen molar-refractivity contribution in [3.05, 3.63) is 59.4 Å². The minimum Gasteiger partial charge on any atom is -0.357 e. The summed E-state index contributed by atoms with van der Waals surface area (Å²) in [6, 6.07) is 8.85. The average Bonchev–Trinajstić information content (AvgIpc) is 3.47. The number of nitrogens with two attached hydrogens (primary N) is 1. The highest BCUT2D eigenvalue weighted by Crippen LogP contribution is 2.66. The molecule has 37 heavy (non-hydrogen) atoms. The number of aromatic nitrogens is 1. The van der Waals surface area contributed by atoms with Gasteiger partial charge in [-0.2, -0.15) is 0 Å². The van der Waals surface area contributed by atoms with Crippen LogP contribution in [-0.2, 0) is 14.4 Å². The quantitative estimate of drug-likeness (QED) is 0.445. The zero-order chi connectivity index (χ0) is 25.9. The van der Waals surface area contributed by atoms with E-state index in [1.165, 1.54) is 24.8 Å². The number of Topliss-reactive ketones (excluding diaryl/α,β-unsaturated/α-hetero) is 1. The predicted octanol–water partition coefficient (Wildman–Crippen LogP) is 5.88. The SMILES string of the molecule is CC(=O)[C@H]1CCC2C3CCC4=CC(NOC(=O)[C@@H](N)c5cc6ccccc6[nH]5)=CC[C@]4(C)C3CC[C@@]21C. The van der Waals surface area contributed by atoms with Crippen LogP contribution in [0.5, 0.6) is 0 Å². The molecule has 6 rings (SSSR count). The second-order valence-corrected chi connectivity index (χ2v) is 12.5. The van der Waals surface area contributed by atoms with E-state index in [9.17, 15) is 9.59 Å². The van der Waals surface area contributed by atoms with Gasteiger partial charge in [-0.25, -0.2) is 10.3 Å². The third-order valence-electron chi connectivity index (χ3n) is 10.7. The van der Waals surface area contributed by atoms with Crippen LogP contribution >= 0.6 is 0 Å². The van der Waals surface area contributed by atoms with Gasteiger partial charge in [0.1, 0.15) is 11.8 Å². The smallest absolute Gasteiger partial charge is 0.354 e. The van der Waals surface area contributed by atoms with E-state index in [4.69, 9.17) is 10.6 Å². The van der Waals surface area contributed by atoms with Crippen LogP contribution in [0.3, 0.4) is 0 Å². The molecule has 0 spiro atoms. The summed E-state index contributed by atoms with van der Waals surface area (Å²) in [5.41, 5.74) is 13.3. The summed E-state index contributed by atoms with van der Waals surface area (Å²) >= 11 is 0. The predicted molar refractivity (Wildman–Crippen MR) is 144 cm³/mol. The molecule has 0 radical (unpaired) electrons. The van der Waals surface area contributed by atoms with Gasteiger partial charge in [0.15, 0.2) is 0 Å². The molecule has 3 unspecified atom stereocenters. The van der Waals surface area contributed by atoms with E-state index in [1.54, 1.807) is 6.92 Å². The standard InChI is InChI=1S/C31H39N3O3/c1-18(35)23-10-11-24-22-9-8-20-17-21(12-14-30(20,2)25(22)13-15-31(23,24)3)34-37-29(36)28(32)27-16-19-6-4-5-7-26(19)33-27/h4-7,12,16-17,22-25,28,33-34H,8-11,13-15,32H2,1-3H3/t22?,23-,24?,25?,28+,30+,31-/m1/s1. The number of ketones is 1. The fourth-order valence-corrected chi connectivity index (χ4v) is 8.72. The number of carbonyl (C=O) groups excluding carboxylic acids is 2. The number of nitrogens with one attached hydrogen (secondary N) is 2. The Bertz CT molecular complexity index is 1270. The molecule has 7 atom stereocenters. The molecule has 1 aromatic carbocycles. The monoisotopic (exact) mass is 501 g/mol. The molecule has 196 valence electrons. The molecule has 2 aromatic rings. The number of hydrogen-bond acceptors (Lipinski definition) is 5. The average molecular weight is 502 g/mol. The maximum atomic E-state index is 12.7. The Morgan fingerprint density at radius 1 is 1.14 bits per heavy atom. The number of fused-ring (bicyclic) bond motifs is 6. The maximum absolute atomic E-state index is 12.7. The largest absolute Gasteiger partial charge is 0.357 e. The van der Waals surface area contributed by atoms with Crippen LogP contribution in [0.2, 0.25) is 0 Å². The van der Waals surface area contributed by atoms with Gasteiger partial charge in [0.05, 0.1) is 5.70 Å². The van der Waals surface area contributed by atoms with Crippen molar-refractivity contribution in [2.45, 2.75) is 71.8 Å². The van der Waals surface area contributed by atoms with E-state index in [-0.39, 0.29) is 16.7 Å². The normalized spacial score (nSPS) is 35.5. The van der Waals surface area contributed by atoms with E-state index in [0.717, 1.165) is 42.3 Å². The Labute approximate surface area is 219 Å². The molecule has 1 heterocycles. The first kappa shape index (κ1) is 24.5. The third-order valence-corrected chi connectivity index (χ3v) is 10.7. The van der Waals surface area contributed by atoms with Gasteiger partial charge in [0.25, 0.3) is 0 Å². The van der Waals surface area contributed by atoms with Gasteiger partial charge in [-0.05, 0) is 104 Å². The van der Waals surface area contributed by atoms with Crippen molar-refractivity contribution in [2.75, 3.05) is 0 Å². The van der Waals surface area contributed by atoms with Gasteiger partial charge in [-0.3, -0.25) is 4.79 Å². The van der Waals surface area contributed by atoms with Crippen molar-refractivity contribution in [1.82, 2.24) is 10.5 Å². The first-order valence-electron chi connectivity index (χ1n) is 13.9.